The van der Waals surface area contributed by atoms with Crippen LogP contribution >= 0.6 is 0 Å². The van der Waals surface area contributed by atoms with Gasteiger partial charge in [-0.05, 0) is 25.5 Å². The molecule has 0 bridgehead atoms. The van der Waals surface area contributed by atoms with Gasteiger partial charge >= 0.3 is 5.97 Å². The lowest BCUT2D eigenvalue weighted by atomic mass is 10.2. The summed E-state index contributed by atoms with van der Waals surface area (Å²) in [6, 6.07) is 3.92. The molecular weight excluding hydrogens is 228 g/mol. The number of aromatic nitrogens is 1. The summed E-state index contributed by atoms with van der Waals surface area (Å²) in [5.74, 6) is -0.281. The Labute approximate surface area is 109 Å². The van der Waals surface area contributed by atoms with Crippen LogP contribution in [-0.2, 0) is 9.63 Å². The summed E-state index contributed by atoms with van der Waals surface area (Å²) in [6.07, 6.45) is 8.32. The van der Waals surface area contributed by atoms with E-state index in [4.69, 9.17) is 4.84 Å². The van der Waals surface area contributed by atoms with Crippen LogP contribution in [0.3, 0.4) is 0 Å². The van der Waals surface area contributed by atoms with Crippen LogP contribution in [0, 0.1) is 0 Å². The van der Waals surface area contributed by atoms with Crippen LogP contribution in [-0.4, -0.2) is 29.7 Å². The summed E-state index contributed by atoms with van der Waals surface area (Å²) in [7, 11) is 3.36. The van der Waals surface area contributed by atoms with E-state index in [0.29, 0.717) is 5.57 Å². The van der Waals surface area contributed by atoms with E-state index >= 15 is 0 Å². The average Bonchev–Trinajstić information content (AvgIpc) is 2.82. The van der Waals surface area contributed by atoms with Crippen molar-refractivity contribution in [2.24, 2.45) is 0 Å². The second kappa shape index (κ2) is 9.24. The van der Waals surface area contributed by atoms with Crippen molar-refractivity contribution in [2.45, 2.75) is 20.3 Å². The Hall–Kier alpha value is -1.81. The second-order valence-electron chi connectivity index (χ2n) is 3.80. The molecule has 0 spiro atoms. The molecule has 4 heteroatoms. The van der Waals surface area contributed by atoms with E-state index in [2.05, 4.69) is 6.58 Å². The van der Waals surface area contributed by atoms with Gasteiger partial charge in [-0.3, -0.25) is 0 Å². The molecule has 4 nitrogen and oxygen atoms in total. The standard InChI is InChI=1S/C8H15NO2.C6H7N/c1-5-6-7(2)8(10)11-9(3)4;1-2-7-5-3-4-6-7/h6H,5H2,1-4H3;2-6H,1H2. The fourth-order valence-electron chi connectivity index (χ4n) is 1.10. The molecule has 0 atom stereocenters. The Bertz CT molecular complexity index is 379. The first-order valence-electron chi connectivity index (χ1n) is 5.82. The minimum atomic E-state index is -0.281. The van der Waals surface area contributed by atoms with Crippen molar-refractivity contribution in [3.8, 4) is 0 Å². The van der Waals surface area contributed by atoms with Crippen LogP contribution in [0.5, 0.6) is 0 Å². The molecule has 0 saturated carbocycles. The maximum absolute atomic E-state index is 11.0. The van der Waals surface area contributed by atoms with E-state index < -0.39 is 0 Å². The van der Waals surface area contributed by atoms with Crippen molar-refractivity contribution in [1.82, 2.24) is 9.63 Å². The Morgan fingerprint density at radius 3 is 2.28 bits per heavy atom. The predicted octanol–water partition coefficient (Wildman–Crippen LogP) is 2.95. The van der Waals surface area contributed by atoms with Crippen LogP contribution in [0.2, 0.25) is 0 Å². The first kappa shape index (κ1) is 16.2. The van der Waals surface area contributed by atoms with E-state index in [1.807, 2.05) is 42.1 Å². The van der Waals surface area contributed by atoms with Crippen molar-refractivity contribution in [2.75, 3.05) is 14.1 Å². The van der Waals surface area contributed by atoms with Crippen molar-refractivity contribution in [3.63, 3.8) is 0 Å². The molecule has 0 amide bonds. The van der Waals surface area contributed by atoms with Crippen LogP contribution in [0.1, 0.15) is 20.3 Å². The smallest absolute Gasteiger partial charge is 0.352 e. The van der Waals surface area contributed by atoms with Gasteiger partial charge in [-0.25, -0.2) is 4.79 Å². The fourth-order valence-corrected chi connectivity index (χ4v) is 1.10. The molecule has 0 fully saturated rings. The van der Waals surface area contributed by atoms with E-state index in [-0.39, 0.29) is 5.97 Å². The summed E-state index contributed by atoms with van der Waals surface area (Å²) >= 11 is 0. The average molecular weight is 250 g/mol. The molecule has 0 saturated heterocycles. The van der Waals surface area contributed by atoms with Gasteiger partial charge in [-0.15, -0.1) is 5.06 Å². The molecule has 1 rings (SSSR count). The van der Waals surface area contributed by atoms with Crippen molar-refractivity contribution < 1.29 is 9.63 Å². The highest BCUT2D eigenvalue weighted by Gasteiger charge is 2.05. The molecule has 0 aliphatic carbocycles. The third kappa shape index (κ3) is 7.46. The Morgan fingerprint density at radius 2 is 1.94 bits per heavy atom. The van der Waals surface area contributed by atoms with E-state index in [0.717, 1.165) is 6.42 Å². The van der Waals surface area contributed by atoms with Gasteiger partial charge in [0.25, 0.3) is 0 Å². The highest BCUT2D eigenvalue weighted by Crippen LogP contribution is 1.98. The lowest BCUT2D eigenvalue weighted by molar-refractivity contribution is -0.172. The minimum Gasteiger partial charge on any atom is -0.365 e. The lowest BCUT2D eigenvalue weighted by Crippen LogP contribution is -2.18. The van der Waals surface area contributed by atoms with Crippen LogP contribution in [0.25, 0.3) is 6.20 Å². The third-order valence-electron chi connectivity index (χ3n) is 1.94. The molecule has 1 aromatic heterocycles. The third-order valence-corrected chi connectivity index (χ3v) is 1.94. The fraction of sp³-hybridized carbons (Fsp3) is 0.357. The first-order chi connectivity index (χ1) is 8.51. The van der Waals surface area contributed by atoms with Gasteiger partial charge in [-0.1, -0.05) is 19.6 Å². The zero-order valence-corrected chi connectivity index (χ0v) is 11.6. The Balaban J connectivity index is 0.000000351. The molecule has 0 aliphatic heterocycles. The summed E-state index contributed by atoms with van der Waals surface area (Å²) in [5, 5.41) is 1.38. The molecular formula is C14H22N2O2. The minimum absolute atomic E-state index is 0.281. The van der Waals surface area contributed by atoms with E-state index in [9.17, 15) is 4.79 Å². The molecule has 0 N–H and O–H groups in total. The number of carbonyl (C=O) groups excluding carboxylic acids is 1. The van der Waals surface area contributed by atoms with E-state index in [1.54, 1.807) is 27.2 Å². The topological polar surface area (TPSA) is 34.5 Å². The quantitative estimate of drug-likeness (QED) is 0.608. The zero-order valence-electron chi connectivity index (χ0n) is 11.6. The second-order valence-corrected chi connectivity index (χ2v) is 3.80. The highest BCUT2D eigenvalue weighted by atomic mass is 16.7. The molecule has 0 aliphatic rings. The molecule has 100 valence electrons. The van der Waals surface area contributed by atoms with Gasteiger partial charge in [0.15, 0.2) is 0 Å². The SMILES string of the molecule is C=Cn1cccc1.CCC=C(C)C(=O)ON(C)C. The highest BCUT2D eigenvalue weighted by molar-refractivity contribution is 5.87. The van der Waals surface area contributed by atoms with Crippen molar-refractivity contribution in [1.29, 1.82) is 0 Å². The Morgan fingerprint density at radius 1 is 1.39 bits per heavy atom. The number of hydrogen-bond donors (Lipinski definition) is 0. The first-order valence-corrected chi connectivity index (χ1v) is 5.82. The largest absolute Gasteiger partial charge is 0.365 e. The number of rotatable bonds is 4. The van der Waals surface area contributed by atoms with Crippen LogP contribution in [0.15, 0.2) is 42.8 Å². The number of nitrogens with zero attached hydrogens (tertiary/aromatic N) is 2. The molecule has 1 aromatic rings. The van der Waals surface area contributed by atoms with Gasteiger partial charge in [0.05, 0.1) is 0 Å². The van der Waals surface area contributed by atoms with Crippen molar-refractivity contribution >= 4 is 12.2 Å². The van der Waals surface area contributed by atoms with Crippen LogP contribution < -0.4 is 0 Å². The van der Waals surface area contributed by atoms with Gasteiger partial charge in [0.1, 0.15) is 0 Å². The summed E-state index contributed by atoms with van der Waals surface area (Å²) in [6.45, 7) is 7.29. The molecule has 1 heterocycles. The number of hydrogen-bond acceptors (Lipinski definition) is 3. The molecule has 0 aromatic carbocycles. The molecule has 0 unspecified atom stereocenters. The van der Waals surface area contributed by atoms with Gasteiger partial charge in [0, 0.05) is 38.3 Å². The number of allylic oxidation sites excluding steroid dienone is 1. The van der Waals surface area contributed by atoms with E-state index in [1.165, 1.54) is 5.06 Å². The predicted molar refractivity (Wildman–Crippen MR) is 74.6 cm³/mol. The summed E-state index contributed by atoms with van der Waals surface area (Å²) < 4.78 is 1.89. The van der Waals surface area contributed by atoms with Gasteiger partial charge < -0.3 is 9.40 Å². The zero-order chi connectivity index (χ0) is 14.0. The Kier molecular flexibility index (Phi) is 8.31. The van der Waals surface area contributed by atoms with Crippen LogP contribution in [0.4, 0.5) is 0 Å². The van der Waals surface area contributed by atoms with Gasteiger partial charge in [-0.2, -0.15) is 0 Å². The number of hydroxylamine groups is 2. The summed E-state index contributed by atoms with van der Waals surface area (Å²) in [5.41, 5.74) is 0.654. The number of carbonyl (C=O) groups is 1. The maximum atomic E-state index is 11.0. The monoisotopic (exact) mass is 250 g/mol. The van der Waals surface area contributed by atoms with Crippen molar-refractivity contribution in [3.05, 3.63) is 42.8 Å². The normalized spacial score (nSPS) is 10.6. The molecule has 18 heavy (non-hydrogen) atoms. The molecule has 0 radical (unpaired) electrons. The summed E-state index contributed by atoms with van der Waals surface area (Å²) in [4.78, 5) is 15.8. The van der Waals surface area contributed by atoms with Gasteiger partial charge in [0.2, 0.25) is 0 Å². The maximum Gasteiger partial charge on any atom is 0.352 e. The lowest BCUT2D eigenvalue weighted by Gasteiger charge is -2.09.